The second kappa shape index (κ2) is 8.04. The number of halogens is 1. The van der Waals surface area contributed by atoms with Crippen molar-refractivity contribution in [2.24, 2.45) is 0 Å². The lowest BCUT2D eigenvalue weighted by atomic mass is 10.1. The smallest absolute Gasteiger partial charge is 0.261 e. The quantitative estimate of drug-likeness (QED) is 0.616. The molecule has 1 amide bonds. The molecule has 0 saturated carbocycles. The van der Waals surface area contributed by atoms with Crippen molar-refractivity contribution < 1.29 is 13.2 Å². The van der Waals surface area contributed by atoms with Gasteiger partial charge in [-0.2, -0.15) is 0 Å². The zero-order valence-corrected chi connectivity index (χ0v) is 16.9. The van der Waals surface area contributed by atoms with Crippen molar-refractivity contribution in [2.75, 3.05) is 10.0 Å². The van der Waals surface area contributed by atoms with Crippen LogP contribution in [0.2, 0.25) is 5.02 Å². The van der Waals surface area contributed by atoms with Crippen molar-refractivity contribution in [3.63, 3.8) is 0 Å². The van der Waals surface area contributed by atoms with Crippen molar-refractivity contribution >= 4 is 38.9 Å². The van der Waals surface area contributed by atoms with Gasteiger partial charge in [-0.15, -0.1) is 0 Å². The summed E-state index contributed by atoms with van der Waals surface area (Å²) in [6.45, 7) is 3.55. The summed E-state index contributed by atoms with van der Waals surface area (Å²) in [5.74, 6) is -0.330. The van der Waals surface area contributed by atoms with Gasteiger partial charge in [0.05, 0.1) is 10.6 Å². The summed E-state index contributed by atoms with van der Waals surface area (Å²) < 4.78 is 27.7. The van der Waals surface area contributed by atoms with Crippen LogP contribution >= 0.6 is 11.6 Å². The highest BCUT2D eigenvalue weighted by Crippen LogP contribution is 2.25. The number of anilines is 2. The van der Waals surface area contributed by atoms with E-state index in [1.807, 2.05) is 6.92 Å². The molecule has 0 aliphatic heterocycles. The van der Waals surface area contributed by atoms with Crippen molar-refractivity contribution in [2.45, 2.75) is 18.7 Å². The first kappa shape index (κ1) is 19.9. The highest BCUT2D eigenvalue weighted by molar-refractivity contribution is 7.92. The van der Waals surface area contributed by atoms with Crippen LogP contribution in [0, 0.1) is 13.8 Å². The summed E-state index contributed by atoms with van der Waals surface area (Å²) >= 11 is 5.95. The fourth-order valence-corrected chi connectivity index (χ4v) is 4.12. The Bertz CT molecular complexity index is 1130. The van der Waals surface area contributed by atoms with E-state index in [-0.39, 0.29) is 10.8 Å². The van der Waals surface area contributed by atoms with Crippen molar-refractivity contribution in [3.05, 3.63) is 88.4 Å². The maximum Gasteiger partial charge on any atom is 0.261 e. The first-order valence-electron chi connectivity index (χ1n) is 8.53. The van der Waals surface area contributed by atoms with Crippen LogP contribution in [0.1, 0.15) is 21.5 Å². The van der Waals surface area contributed by atoms with E-state index in [0.717, 1.165) is 5.56 Å². The molecule has 0 saturated heterocycles. The second-order valence-electron chi connectivity index (χ2n) is 6.31. The molecule has 3 aromatic rings. The molecule has 0 bridgehead atoms. The molecule has 0 heterocycles. The predicted molar refractivity (Wildman–Crippen MR) is 113 cm³/mol. The van der Waals surface area contributed by atoms with E-state index in [2.05, 4.69) is 10.0 Å². The lowest BCUT2D eigenvalue weighted by Gasteiger charge is -2.14. The fourth-order valence-electron chi connectivity index (χ4n) is 2.75. The van der Waals surface area contributed by atoms with Crippen LogP contribution in [0.5, 0.6) is 0 Å². The Labute approximate surface area is 169 Å². The Morgan fingerprint density at radius 1 is 0.893 bits per heavy atom. The first-order valence-corrected chi connectivity index (χ1v) is 10.4. The molecule has 144 valence electrons. The molecule has 0 radical (unpaired) electrons. The van der Waals surface area contributed by atoms with E-state index in [0.29, 0.717) is 27.5 Å². The number of amides is 1. The number of aryl methyl sites for hydroxylation is 1. The Morgan fingerprint density at radius 2 is 1.61 bits per heavy atom. The Morgan fingerprint density at radius 3 is 2.29 bits per heavy atom. The number of hydrogen-bond acceptors (Lipinski definition) is 3. The van der Waals surface area contributed by atoms with E-state index in [9.17, 15) is 13.2 Å². The summed E-state index contributed by atoms with van der Waals surface area (Å²) in [5, 5.41) is 3.43. The van der Waals surface area contributed by atoms with Crippen molar-refractivity contribution in [3.8, 4) is 0 Å². The van der Waals surface area contributed by atoms with Gasteiger partial charge in [0.25, 0.3) is 15.9 Å². The molecule has 3 rings (SSSR count). The molecule has 0 aromatic heterocycles. The largest absolute Gasteiger partial charge is 0.322 e. The Balaban J connectivity index is 1.87. The van der Waals surface area contributed by atoms with Crippen molar-refractivity contribution in [1.29, 1.82) is 0 Å². The molecule has 0 unspecified atom stereocenters. The van der Waals surface area contributed by atoms with E-state index < -0.39 is 10.0 Å². The molecule has 5 nitrogen and oxygen atoms in total. The van der Waals surface area contributed by atoms with Crippen LogP contribution in [0.3, 0.4) is 0 Å². The molecule has 0 fully saturated rings. The minimum Gasteiger partial charge on any atom is -0.322 e. The van der Waals surface area contributed by atoms with Gasteiger partial charge in [-0.3, -0.25) is 9.52 Å². The van der Waals surface area contributed by atoms with Gasteiger partial charge in [-0.1, -0.05) is 35.9 Å². The monoisotopic (exact) mass is 414 g/mol. The van der Waals surface area contributed by atoms with E-state index in [1.165, 1.54) is 12.1 Å². The number of benzene rings is 3. The van der Waals surface area contributed by atoms with E-state index >= 15 is 0 Å². The number of sulfonamides is 1. The fraction of sp³-hybridized carbons (Fsp3) is 0.0952. The van der Waals surface area contributed by atoms with E-state index in [4.69, 9.17) is 11.6 Å². The third kappa shape index (κ3) is 4.35. The lowest BCUT2D eigenvalue weighted by Crippen LogP contribution is -2.17. The van der Waals surface area contributed by atoms with Gasteiger partial charge in [0, 0.05) is 16.3 Å². The highest BCUT2D eigenvalue weighted by Gasteiger charge is 2.18. The van der Waals surface area contributed by atoms with Crippen LogP contribution in [0.15, 0.2) is 71.6 Å². The Kier molecular flexibility index (Phi) is 5.72. The molecular weight excluding hydrogens is 396 g/mol. The van der Waals surface area contributed by atoms with Crippen LogP contribution in [0.25, 0.3) is 0 Å². The zero-order valence-electron chi connectivity index (χ0n) is 15.4. The van der Waals surface area contributed by atoms with Crippen LogP contribution in [0.4, 0.5) is 11.4 Å². The van der Waals surface area contributed by atoms with Gasteiger partial charge in [0.2, 0.25) is 0 Å². The first-order chi connectivity index (χ1) is 13.3. The van der Waals surface area contributed by atoms with Crippen molar-refractivity contribution in [1.82, 2.24) is 0 Å². The molecule has 0 aliphatic rings. The third-order valence-corrected chi connectivity index (χ3v) is 5.93. The summed E-state index contributed by atoms with van der Waals surface area (Å²) in [4.78, 5) is 12.9. The van der Waals surface area contributed by atoms with Gasteiger partial charge in [0.1, 0.15) is 0 Å². The molecule has 3 aromatic carbocycles. The third-order valence-electron chi connectivity index (χ3n) is 4.31. The average Bonchev–Trinajstić information content (AvgIpc) is 2.66. The van der Waals surface area contributed by atoms with Gasteiger partial charge in [0.15, 0.2) is 0 Å². The maximum atomic E-state index is 12.7. The summed E-state index contributed by atoms with van der Waals surface area (Å²) in [6, 6.07) is 18.2. The maximum absolute atomic E-state index is 12.7. The average molecular weight is 415 g/mol. The minimum atomic E-state index is -3.75. The SMILES string of the molecule is Cc1cc(Cl)ccc1NC(=O)c1cccc(NS(=O)(=O)c2ccccc2)c1C. The molecule has 0 aliphatic carbocycles. The van der Waals surface area contributed by atoms with Gasteiger partial charge in [-0.05, 0) is 67.4 Å². The standard InChI is InChI=1S/C21H19ClN2O3S/c1-14-13-16(22)11-12-19(14)23-21(25)18-9-6-10-20(15(18)2)24-28(26,27)17-7-4-3-5-8-17/h3-13,24H,1-2H3,(H,23,25). The van der Waals surface area contributed by atoms with Crippen LogP contribution < -0.4 is 10.0 Å². The Hall–Kier alpha value is -2.83. The molecular formula is C21H19ClN2O3S. The van der Waals surface area contributed by atoms with Crippen LogP contribution in [-0.4, -0.2) is 14.3 Å². The highest BCUT2D eigenvalue weighted by atomic mass is 35.5. The van der Waals surface area contributed by atoms with Gasteiger partial charge < -0.3 is 5.32 Å². The number of rotatable bonds is 5. The number of carbonyl (C=O) groups excluding carboxylic acids is 1. The normalized spacial score (nSPS) is 11.1. The summed E-state index contributed by atoms with van der Waals surface area (Å²) in [6.07, 6.45) is 0. The zero-order chi connectivity index (χ0) is 20.3. The predicted octanol–water partition coefficient (Wildman–Crippen LogP) is 5.01. The van der Waals surface area contributed by atoms with Gasteiger partial charge in [-0.25, -0.2) is 8.42 Å². The number of carbonyl (C=O) groups is 1. The summed E-state index contributed by atoms with van der Waals surface area (Å²) in [7, 11) is -3.75. The topological polar surface area (TPSA) is 75.3 Å². The molecule has 0 spiro atoms. The molecule has 0 atom stereocenters. The molecule has 28 heavy (non-hydrogen) atoms. The molecule has 2 N–H and O–H groups in total. The molecule has 7 heteroatoms. The van der Waals surface area contributed by atoms with Crippen LogP contribution in [-0.2, 0) is 10.0 Å². The van der Waals surface area contributed by atoms with E-state index in [1.54, 1.807) is 61.5 Å². The lowest BCUT2D eigenvalue weighted by molar-refractivity contribution is 0.102. The van der Waals surface area contributed by atoms with Gasteiger partial charge >= 0.3 is 0 Å². The second-order valence-corrected chi connectivity index (χ2v) is 8.43. The summed E-state index contributed by atoms with van der Waals surface area (Å²) in [5.41, 5.74) is 2.74. The minimum absolute atomic E-state index is 0.154. The number of nitrogens with one attached hydrogen (secondary N) is 2. The number of hydrogen-bond donors (Lipinski definition) is 2.